The maximum absolute atomic E-state index is 12.7. The topological polar surface area (TPSA) is 78.8 Å². The van der Waals surface area contributed by atoms with Gasteiger partial charge in [0.2, 0.25) is 10.0 Å². The van der Waals surface area contributed by atoms with Gasteiger partial charge in [0.1, 0.15) is 6.54 Å². The van der Waals surface area contributed by atoms with Crippen LogP contribution in [0.3, 0.4) is 0 Å². The number of aryl methyl sites for hydroxylation is 1. The zero-order valence-corrected chi connectivity index (χ0v) is 15.9. The summed E-state index contributed by atoms with van der Waals surface area (Å²) < 4.78 is 63.1. The lowest BCUT2D eigenvalue weighted by atomic mass is 10.1. The molecule has 0 bridgehead atoms. The Kier molecular flexibility index (Phi) is 6.45. The van der Waals surface area contributed by atoms with E-state index in [0.29, 0.717) is 11.3 Å². The van der Waals surface area contributed by atoms with Gasteiger partial charge in [-0.25, -0.2) is 13.8 Å². The third kappa shape index (κ3) is 5.81. The molecule has 10 heteroatoms. The Hall–Kier alpha value is -2.88. The van der Waals surface area contributed by atoms with Crippen LogP contribution in [-0.4, -0.2) is 33.3 Å². The van der Waals surface area contributed by atoms with Crippen LogP contribution >= 0.6 is 0 Å². The summed E-state index contributed by atoms with van der Waals surface area (Å²) in [6, 6.07) is 11.1. The average molecular weight is 413 g/mol. The third-order valence-electron chi connectivity index (χ3n) is 3.69. The number of nitrogens with one attached hydrogen (secondary N) is 1. The SMILES string of the molecule is Cc1ccccc1N(CC(=O)NN=Cc1cccc(C(F)(F)F)c1)S(C)(=O)=O. The second kappa shape index (κ2) is 8.42. The summed E-state index contributed by atoms with van der Waals surface area (Å²) in [6.45, 7) is 1.18. The molecule has 0 unspecified atom stereocenters. The predicted octanol–water partition coefficient (Wildman–Crippen LogP) is 2.93. The first-order chi connectivity index (χ1) is 13.0. The van der Waals surface area contributed by atoms with Gasteiger partial charge in [-0.2, -0.15) is 18.3 Å². The van der Waals surface area contributed by atoms with Crippen molar-refractivity contribution in [2.75, 3.05) is 17.1 Å². The van der Waals surface area contributed by atoms with Crippen molar-refractivity contribution in [1.29, 1.82) is 0 Å². The molecule has 0 fully saturated rings. The Morgan fingerprint density at radius 2 is 1.86 bits per heavy atom. The van der Waals surface area contributed by atoms with Crippen molar-refractivity contribution in [2.45, 2.75) is 13.1 Å². The standard InChI is InChI=1S/C18H18F3N3O3S/c1-13-6-3-4-9-16(13)24(28(2,26)27)12-17(25)23-22-11-14-7-5-8-15(10-14)18(19,20)21/h3-11H,12H2,1-2H3,(H,23,25). The van der Waals surface area contributed by atoms with Crippen molar-refractivity contribution in [3.05, 3.63) is 65.2 Å². The number of halogens is 3. The molecule has 0 aliphatic rings. The Bertz CT molecular complexity index is 989. The van der Waals surface area contributed by atoms with Gasteiger partial charge in [-0.3, -0.25) is 9.10 Å². The minimum Gasteiger partial charge on any atom is -0.271 e. The molecular weight excluding hydrogens is 395 g/mol. The smallest absolute Gasteiger partial charge is 0.271 e. The van der Waals surface area contributed by atoms with Gasteiger partial charge in [0.25, 0.3) is 5.91 Å². The van der Waals surface area contributed by atoms with E-state index in [1.165, 1.54) is 12.1 Å². The molecule has 1 amide bonds. The Morgan fingerprint density at radius 1 is 1.18 bits per heavy atom. The highest BCUT2D eigenvalue weighted by Crippen LogP contribution is 2.29. The number of carbonyl (C=O) groups is 1. The van der Waals surface area contributed by atoms with Crippen LogP contribution in [0, 0.1) is 6.92 Å². The number of sulfonamides is 1. The van der Waals surface area contributed by atoms with Gasteiger partial charge in [0.15, 0.2) is 0 Å². The lowest BCUT2D eigenvalue weighted by Crippen LogP contribution is -2.39. The van der Waals surface area contributed by atoms with Crippen molar-refractivity contribution in [3.63, 3.8) is 0 Å². The predicted molar refractivity (Wildman–Crippen MR) is 101 cm³/mol. The molecule has 0 atom stereocenters. The molecular formula is C18H18F3N3O3S. The molecule has 28 heavy (non-hydrogen) atoms. The first-order valence-electron chi connectivity index (χ1n) is 8.01. The molecule has 0 radical (unpaired) electrons. The van der Waals surface area contributed by atoms with Crippen molar-refractivity contribution in [1.82, 2.24) is 5.43 Å². The minimum atomic E-state index is -4.49. The van der Waals surface area contributed by atoms with Gasteiger partial charge in [0.05, 0.1) is 23.7 Å². The summed E-state index contributed by atoms with van der Waals surface area (Å²) in [5.41, 5.74) is 2.43. The quantitative estimate of drug-likeness (QED) is 0.584. The molecule has 6 nitrogen and oxygen atoms in total. The molecule has 0 saturated heterocycles. The fourth-order valence-corrected chi connectivity index (χ4v) is 3.28. The van der Waals surface area contributed by atoms with Gasteiger partial charge in [-0.1, -0.05) is 30.3 Å². The number of hydrogen-bond donors (Lipinski definition) is 1. The zero-order valence-electron chi connectivity index (χ0n) is 15.1. The van der Waals surface area contributed by atoms with E-state index in [2.05, 4.69) is 10.5 Å². The summed E-state index contributed by atoms with van der Waals surface area (Å²) in [6.07, 6.45) is -2.47. The fourth-order valence-electron chi connectivity index (χ4n) is 2.36. The highest BCUT2D eigenvalue weighted by molar-refractivity contribution is 7.92. The highest BCUT2D eigenvalue weighted by Gasteiger charge is 2.30. The maximum Gasteiger partial charge on any atom is 0.416 e. The Labute approximate surface area is 160 Å². The third-order valence-corrected chi connectivity index (χ3v) is 4.81. The van der Waals surface area contributed by atoms with Gasteiger partial charge in [-0.05, 0) is 36.2 Å². The van der Waals surface area contributed by atoms with Crippen LogP contribution in [0.5, 0.6) is 0 Å². The van der Waals surface area contributed by atoms with Crippen LogP contribution in [0.4, 0.5) is 18.9 Å². The largest absolute Gasteiger partial charge is 0.416 e. The van der Waals surface area contributed by atoms with E-state index < -0.39 is 34.2 Å². The van der Waals surface area contributed by atoms with E-state index in [0.717, 1.165) is 28.9 Å². The summed E-state index contributed by atoms with van der Waals surface area (Å²) in [5, 5.41) is 3.60. The number of rotatable bonds is 6. The summed E-state index contributed by atoms with van der Waals surface area (Å²) >= 11 is 0. The minimum absolute atomic E-state index is 0.133. The van der Waals surface area contributed by atoms with Crippen molar-refractivity contribution < 1.29 is 26.4 Å². The van der Waals surface area contributed by atoms with Crippen LogP contribution in [0.25, 0.3) is 0 Å². The normalized spacial score (nSPS) is 12.2. The van der Waals surface area contributed by atoms with Crippen molar-refractivity contribution in [2.24, 2.45) is 5.10 Å². The van der Waals surface area contributed by atoms with Gasteiger partial charge < -0.3 is 0 Å². The number of para-hydroxylation sites is 1. The van der Waals surface area contributed by atoms with E-state index in [4.69, 9.17) is 0 Å². The molecule has 2 aromatic carbocycles. The summed E-state index contributed by atoms with van der Waals surface area (Å²) in [4.78, 5) is 12.1. The van der Waals surface area contributed by atoms with Crippen LogP contribution in [0.15, 0.2) is 53.6 Å². The average Bonchev–Trinajstić information content (AvgIpc) is 2.59. The zero-order chi connectivity index (χ0) is 20.9. The van der Waals surface area contributed by atoms with Crippen molar-refractivity contribution >= 4 is 27.8 Å². The van der Waals surface area contributed by atoms with Crippen LogP contribution in [-0.2, 0) is 21.0 Å². The van der Waals surface area contributed by atoms with Gasteiger partial charge in [0, 0.05) is 0 Å². The number of anilines is 1. The number of amides is 1. The maximum atomic E-state index is 12.7. The van der Waals surface area contributed by atoms with E-state index in [-0.39, 0.29) is 5.56 Å². The number of alkyl halides is 3. The van der Waals surface area contributed by atoms with Gasteiger partial charge in [-0.15, -0.1) is 0 Å². The number of nitrogens with zero attached hydrogens (tertiary/aromatic N) is 2. The first-order valence-corrected chi connectivity index (χ1v) is 9.86. The molecule has 2 aromatic rings. The lowest BCUT2D eigenvalue weighted by Gasteiger charge is -2.23. The van der Waals surface area contributed by atoms with E-state index in [9.17, 15) is 26.4 Å². The van der Waals surface area contributed by atoms with Crippen LogP contribution < -0.4 is 9.73 Å². The van der Waals surface area contributed by atoms with E-state index in [1.807, 2.05) is 0 Å². The number of hydrogen-bond acceptors (Lipinski definition) is 4. The number of benzene rings is 2. The monoisotopic (exact) mass is 413 g/mol. The molecule has 0 aliphatic heterocycles. The highest BCUT2D eigenvalue weighted by atomic mass is 32.2. The van der Waals surface area contributed by atoms with Crippen LogP contribution in [0.2, 0.25) is 0 Å². The molecule has 0 aliphatic carbocycles. The number of hydrazone groups is 1. The lowest BCUT2D eigenvalue weighted by molar-refractivity contribution is -0.137. The van der Waals surface area contributed by atoms with E-state index in [1.54, 1.807) is 31.2 Å². The second-order valence-corrected chi connectivity index (χ2v) is 7.88. The second-order valence-electron chi connectivity index (χ2n) is 5.97. The van der Waals surface area contributed by atoms with E-state index >= 15 is 0 Å². The first kappa shape index (κ1) is 21.4. The summed E-state index contributed by atoms with van der Waals surface area (Å²) in [7, 11) is -3.74. The van der Waals surface area contributed by atoms with Gasteiger partial charge >= 0.3 is 6.18 Å². The Balaban J connectivity index is 2.10. The van der Waals surface area contributed by atoms with Crippen LogP contribution in [0.1, 0.15) is 16.7 Å². The molecule has 2 rings (SSSR count). The number of carbonyl (C=O) groups excluding carboxylic acids is 1. The fraction of sp³-hybridized carbons (Fsp3) is 0.222. The summed E-state index contributed by atoms with van der Waals surface area (Å²) in [5.74, 6) is -0.739. The Morgan fingerprint density at radius 3 is 2.46 bits per heavy atom. The molecule has 0 aromatic heterocycles. The molecule has 0 spiro atoms. The molecule has 0 saturated carbocycles. The van der Waals surface area contributed by atoms with Crippen molar-refractivity contribution in [3.8, 4) is 0 Å². The molecule has 0 heterocycles. The molecule has 1 N–H and O–H groups in total. The molecule has 150 valence electrons.